The van der Waals surface area contributed by atoms with E-state index in [2.05, 4.69) is 17.4 Å². The minimum Gasteiger partial charge on any atom is -0.481 e. The number of hydrogen-bond acceptors (Lipinski definition) is 8. The number of aliphatic carboxylic acids is 1. The molecule has 1 fully saturated rings. The van der Waals surface area contributed by atoms with Gasteiger partial charge in [-0.2, -0.15) is 0 Å². The van der Waals surface area contributed by atoms with Gasteiger partial charge in [-0.15, -0.1) is 0 Å². The Balaban J connectivity index is 1.46. The first kappa shape index (κ1) is 45.2. The van der Waals surface area contributed by atoms with Gasteiger partial charge >= 0.3 is 12.1 Å². The summed E-state index contributed by atoms with van der Waals surface area (Å²) in [5.74, 6) is -3.45. The summed E-state index contributed by atoms with van der Waals surface area (Å²) in [6.45, 7) is 13.0. The summed E-state index contributed by atoms with van der Waals surface area (Å²) in [5, 5.41) is 12.6. The molecule has 1 heterocycles. The Morgan fingerprint density at radius 1 is 0.930 bits per heavy atom. The normalized spacial score (nSPS) is 18.5. The zero-order chi connectivity index (χ0) is 42.4. The third kappa shape index (κ3) is 9.63. The number of carbonyl (C=O) groups excluding carboxylic acids is 4. The Morgan fingerprint density at radius 3 is 2.02 bits per heavy atom. The molecule has 0 aromatic heterocycles. The average Bonchev–Trinajstić information content (AvgIpc) is 3.81. The highest BCUT2D eigenvalue weighted by atomic mass is 16.6. The maximum Gasteiger partial charge on any atom is 0.410 e. The number of likely N-dealkylation sites (N-methyl/N-ethyl adjacent to an activating group) is 2. The molecule has 1 aliphatic heterocycles. The van der Waals surface area contributed by atoms with Gasteiger partial charge in [-0.05, 0) is 67.7 Å². The molecule has 0 spiro atoms. The quantitative estimate of drug-likeness (QED) is 0.191. The predicted molar refractivity (Wildman–Crippen MR) is 217 cm³/mol. The number of methoxy groups -OCH3 is 2. The minimum atomic E-state index is -1.39. The van der Waals surface area contributed by atoms with Crippen LogP contribution in [-0.4, -0.2) is 127 Å². The maximum atomic E-state index is 14.4. The Kier molecular flexibility index (Phi) is 15.3. The van der Waals surface area contributed by atoms with Crippen LogP contribution < -0.4 is 5.32 Å². The van der Waals surface area contributed by atoms with E-state index >= 15 is 0 Å². The zero-order valence-electron chi connectivity index (χ0n) is 35.6. The molecule has 2 N–H and O–H groups in total. The summed E-state index contributed by atoms with van der Waals surface area (Å²) in [6.07, 6.45) is -0.0473. The van der Waals surface area contributed by atoms with Crippen LogP contribution in [0.5, 0.6) is 0 Å². The number of fused-ring (bicyclic) bond motifs is 3. The van der Waals surface area contributed by atoms with E-state index in [0.29, 0.717) is 19.4 Å². The molecule has 4 rings (SSSR count). The third-order valence-electron chi connectivity index (χ3n) is 12.5. The fourth-order valence-corrected chi connectivity index (χ4v) is 8.42. The molecule has 57 heavy (non-hydrogen) atoms. The fraction of sp³-hybridized carbons (Fsp3) is 0.614. The lowest BCUT2D eigenvalue weighted by Gasteiger charge is -2.41. The van der Waals surface area contributed by atoms with Crippen LogP contribution in [0.25, 0.3) is 11.1 Å². The second-order valence-electron chi connectivity index (χ2n) is 16.5. The van der Waals surface area contributed by atoms with Crippen molar-refractivity contribution < 1.29 is 43.3 Å². The Hall–Kier alpha value is -4.49. The van der Waals surface area contributed by atoms with Gasteiger partial charge in [0.15, 0.2) is 0 Å². The van der Waals surface area contributed by atoms with E-state index in [1.807, 2.05) is 64.1 Å². The summed E-state index contributed by atoms with van der Waals surface area (Å²) in [4.78, 5) is 72.3. The van der Waals surface area contributed by atoms with Crippen LogP contribution in [0.1, 0.15) is 91.2 Å². The Morgan fingerprint density at radius 2 is 1.51 bits per heavy atom. The lowest BCUT2D eigenvalue weighted by Crippen LogP contribution is -2.62. The van der Waals surface area contributed by atoms with Crippen LogP contribution in [0, 0.1) is 17.8 Å². The van der Waals surface area contributed by atoms with Gasteiger partial charge in [-0.25, -0.2) is 4.79 Å². The number of carboxylic acids is 1. The summed E-state index contributed by atoms with van der Waals surface area (Å²) >= 11 is 0. The molecule has 13 heteroatoms. The van der Waals surface area contributed by atoms with Gasteiger partial charge < -0.3 is 34.4 Å². The first-order valence-corrected chi connectivity index (χ1v) is 20.2. The number of benzene rings is 2. The van der Waals surface area contributed by atoms with Gasteiger partial charge in [0.25, 0.3) is 0 Å². The smallest absolute Gasteiger partial charge is 0.410 e. The lowest BCUT2D eigenvalue weighted by atomic mass is 9.89. The highest BCUT2D eigenvalue weighted by molar-refractivity contribution is 5.94. The highest BCUT2D eigenvalue weighted by Crippen LogP contribution is 2.44. The number of rotatable bonds is 18. The number of amides is 4. The van der Waals surface area contributed by atoms with Crippen molar-refractivity contribution in [3.63, 3.8) is 0 Å². The van der Waals surface area contributed by atoms with E-state index in [-0.39, 0.29) is 42.6 Å². The van der Waals surface area contributed by atoms with Gasteiger partial charge in [0.2, 0.25) is 17.7 Å². The van der Waals surface area contributed by atoms with E-state index < -0.39 is 59.8 Å². The van der Waals surface area contributed by atoms with Crippen molar-refractivity contribution >= 4 is 29.8 Å². The number of ether oxygens (including phenoxy) is 3. The van der Waals surface area contributed by atoms with Gasteiger partial charge in [0, 0.05) is 40.8 Å². The molecule has 7 atom stereocenters. The molecule has 13 nitrogen and oxygen atoms in total. The van der Waals surface area contributed by atoms with Gasteiger partial charge in [-0.3, -0.25) is 24.1 Å². The number of nitrogens with one attached hydrogen (secondary N) is 1. The fourth-order valence-electron chi connectivity index (χ4n) is 8.42. The zero-order valence-corrected chi connectivity index (χ0v) is 35.6. The summed E-state index contributed by atoms with van der Waals surface area (Å²) in [5.41, 5.74) is 2.98. The topological polar surface area (TPSA) is 155 Å². The molecule has 1 aliphatic carbocycles. The first-order valence-electron chi connectivity index (χ1n) is 20.2. The molecule has 0 bridgehead atoms. The van der Waals surface area contributed by atoms with Crippen molar-refractivity contribution in [2.24, 2.45) is 17.8 Å². The number of carbonyl (C=O) groups is 5. The standard InChI is InChI=1S/C44H64N4O9/c1-12-27(4)38(35(55-10)24-36(49)48-23-17-22-34(48)39(56-11)28(5)41(51)52)46(8)40(50)37(26(2)3)45-42(53)44(6,7)47(9)43(54)57-25-33-31-20-15-13-18-29(31)30-19-14-16-21-32(30)33/h13-16,18-21,26-28,33-35,37-39H,12,17,22-25H2,1-11H3,(H,45,53)(H,51,52)/t27-,28+,34-,35+,37-,38-,39+/m0/s1. The van der Waals surface area contributed by atoms with Crippen LogP contribution in [0.15, 0.2) is 48.5 Å². The van der Waals surface area contributed by atoms with Gasteiger partial charge in [-0.1, -0.05) is 82.6 Å². The third-order valence-corrected chi connectivity index (χ3v) is 12.5. The molecule has 2 aliphatic rings. The van der Waals surface area contributed by atoms with Crippen LogP contribution in [0.2, 0.25) is 0 Å². The number of hydrogen-bond donors (Lipinski definition) is 2. The molecule has 4 amide bonds. The Labute approximate surface area is 338 Å². The van der Waals surface area contributed by atoms with E-state index in [4.69, 9.17) is 14.2 Å². The van der Waals surface area contributed by atoms with Crippen molar-refractivity contribution in [1.29, 1.82) is 0 Å². The van der Waals surface area contributed by atoms with Crippen molar-refractivity contribution in [2.75, 3.05) is 41.5 Å². The van der Waals surface area contributed by atoms with E-state index in [9.17, 15) is 29.1 Å². The second-order valence-corrected chi connectivity index (χ2v) is 16.5. The minimum absolute atomic E-state index is 0.0335. The summed E-state index contributed by atoms with van der Waals surface area (Å²) < 4.78 is 17.4. The number of likely N-dealkylation sites (tertiary alicyclic amines) is 1. The second kappa shape index (κ2) is 19.3. The van der Waals surface area contributed by atoms with Crippen molar-refractivity contribution in [3.8, 4) is 11.1 Å². The van der Waals surface area contributed by atoms with Crippen molar-refractivity contribution in [3.05, 3.63) is 59.7 Å². The van der Waals surface area contributed by atoms with E-state index in [1.54, 1.807) is 37.6 Å². The molecule has 0 saturated carbocycles. The van der Waals surface area contributed by atoms with Crippen LogP contribution >= 0.6 is 0 Å². The lowest BCUT2D eigenvalue weighted by molar-refractivity contribution is -0.152. The van der Waals surface area contributed by atoms with Crippen LogP contribution in [-0.2, 0) is 33.4 Å². The van der Waals surface area contributed by atoms with Gasteiger partial charge in [0.05, 0.1) is 36.6 Å². The van der Waals surface area contributed by atoms with Crippen molar-refractivity contribution in [2.45, 2.75) is 116 Å². The SMILES string of the molecule is CC[C@H](C)[C@@H]([C@@H](CC(=O)N1CCC[C@H]1[C@H](OC)[C@@H](C)C(=O)O)OC)N(C)C(=O)[C@@H](NC(=O)C(C)(C)N(C)C(=O)OCC1c2ccccc2-c2ccccc21)C(C)C. The predicted octanol–water partition coefficient (Wildman–Crippen LogP) is 5.79. The van der Waals surface area contributed by atoms with Crippen LogP contribution in [0.4, 0.5) is 4.79 Å². The van der Waals surface area contributed by atoms with E-state index in [1.165, 1.54) is 26.2 Å². The summed E-state index contributed by atoms with van der Waals surface area (Å²) in [6, 6.07) is 14.2. The number of carboxylic acid groups (broad SMARTS) is 1. The summed E-state index contributed by atoms with van der Waals surface area (Å²) in [7, 11) is 6.16. The monoisotopic (exact) mass is 792 g/mol. The first-order chi connectivity index (χ1) is 26.9. The Bertz CT molecular complexity index is 1700. The molecule has 2 aromatic rings. The number of nitrogens with zero attached hydrogens (tertiary/aromatic N) is 3. The molecule has 2 aromatic carbocycles. The maximum absolute atomic E-state index is 14.4. The molecule has 0 unspecified atom stereocenters. The molecule has 0 radical (unpaired) electrons. The molecular weight excluding hydrogens is 729 g/mol. The average molecular weight is 793 g/mol. The highest BCUT2D eigenvalue weighted by Gasteiger charge is 2.44. The van der Waals surface area contributed by atoms with Crippen LogP contribution in [0.3, 0.4) is 0 Å². The van der Waals surface area contributed by atoms with Crippen molar-refractivity contribution in [1.82, 2.24) is 20.0 Å². The molecule has 314 valence electrons. The van der Waals surface area contributed by atoms with E-state index in [0.717, 1.165) is 28.7 Å². The molecular formula is C44H64N4O9. The van der Waals surface area contributed by atoms with Gasteiger partial charge in [0.1, 0.15) is 18.2 Å². The largest absolute Gasteiger partial charge is 0.481 e. The molecule has 1 saturated heterocycles.